The Hall–Kier alpha value is -0.200. The Morgan fingerprint density at radius 3 is 2.11 bits per heavy atom. The van der Waals surface area contributed by atoms with Crippen LogP contribution in [0.2, 0.25) is 0 Å². The molecule has 0 aromatic rings. The van der Waals surface area contributed by atoms with Crippen molar-refractivity contribution in [1.29, 1.82) is 0 Å². The van der Waals surface area contributed by atoms with E-state index in [1.54, 1.807) is 14.2 Å². The van der Waals surface area contributed by atoms with Gasteiger partial charge in [0.2, 0.25) is 0 Å². The molecule has 1 heterocycles. The molecule has 2 aliphatic rings. The minimum atomic E-state index is 0.101. The molecule has 0 bridgehead atoms. The average molecular weight is 258 g/mol. The van der Waals surface area contributed by atoms with Gasteiger partial charge >= 0.3 is 0 Å². The predicted octanol–water partition coefficient (Wildman–Crippen LogP) is 0.228. The van der Waals surface area contributed by atoms with Gasteiger partial charge < -0.3 is 19.9 Å². The molecule has 1 aliphatic carbocycles. The fourth-order valence-electron chi connectivity index (χ4n) is 3.28. The van der Waals surface area contributed by atoms with E-state index in [0.29, 0.717) is 12.6 Å². The molecule has 0 aromatic carbocycles. The zero-order valence-electron chi connectivity index (χ0n) is 11.7. The Labute approximate surface area is 110 Å². The third kappa shape index (κ3) is 2.42. The van der Waals surface area contributed by atoms with E-state index in [1.807, 2.05) is 6.92 Å². The second-order valence-corrected chi connectivity index (χ2v) is 5.37. The molecule has 0 spiro atoms. The van der Waals surface area contributed by atoms with Crippen LogP contribution in [0.4, 0.5) is 0 Å². The van der Waals surface area contributed by atoms with Gasteiger partial charge in [-0.05, 0) is 19.8 Å². The first-order valence-electron chi connectivity index (χ1n) is 6.81. The van der Waals surface area contributed by atoms with Crippen LogP contribution in [0.15, 0.2) is 0 Å². The highest BCUT2D eigenvalue weighted by Crippen LogP contribution is 2.41. The van der Waals surface area contributed by atoms with Crippen molar-refractivity contribution in [1.82, 2.24) is 4.90 Å². The molecule has 0 aromatic heterocycles. The molecule has 1 saturated carbocycles. The van der Waals surface area contributed by atoms with Crippen molar-refractivity contribution in [2.75, 3.05) is 40.5 Å². The highest BCUT2D eigenvalue weighted by atomic mass is 16.5. The molecule has 2 rings (SSSR count). The van der Waals surface area contributed by atoms with Crippen molar-refractivity contribution in [3.05, 3.63) is 0 Å². The van der Waals surface area contributed by atoms with Gasteiger partial charge in [-0.1, -0.05) is 0 Å². The summed E-state index contributed by atoms with van der Waals surface area (Å²) in [6, 6.07) is 0. The minimum Gasteiger partial charge on any atom is -0.378 e. The number of hydrogen-bond donors (Lipinski definition) is 1. The lowest BCUT2D eigenvalue weighted by atomic mass is 9.73. The predicted molar refractivity (Wildman–Crippen MR) is 69.6 cm³/mol. The van der Waals surface area contributed by atoms with Gasteiger partial charge in [0.1, 0.15) is 0 Å². The molecule has 2 fully saturated rings. The second-order valence-electron chi connectivity index (χ2n) is 5.37. The van der Waals surface area contributed by atoms with Crippen LogP contribution in [0.25, 0.3) is 0 Å². The zero-order chi connectivity index (χ0) is 13.2. The van der Waals surface area contributed by atoms with E-state index in [4.69, 9.17) is 19.9 Å². The fourth-order valence-corrected chi connectivity index (χ4v) is 3.28. The number of rotatable bonds is 6. The summed E-state index contributed by atoms with van der Waals surface area (Å²) in [4.78, 5) is 2.44. The van der Waals surface area contributed by atoms with Crippen LogP contribution in [0.5, 0.6) is 0 Å². The van der Waals surface area contributed by atoms with Crippen LogP contribution in [0.1, 0.15) is 19.8 Å². The quantitative estimate of drug-likeness (QED) is 0.739. The van der Waals surface area contributed by atoms with Crippen molar-refractivity contribution < 1.29 is 14.2 Å². The van der Waals surface area contributed by atoms with Gasteiger partial charge in [-0.25, -0.2) is 0 Å². The molecule has 106 valence electrons. The minimum absolute atomic E-state index is 0.101. The molecule has 18 heavy (non-hydrogen) atoms. The van der Waals surface area contributed by atoms with Crippen LogP contribution < -0.4 is 5.73 Å². The Kier molecular flexibility index (Phi) is 4.61. The second kappa shape index (κ2) is 5.84. The highest BCUT2D eigenvalue weighted by Gasteiger charge is 2.51. The monoisotopic (exact) mass is 258 g/mol. The van der Waals surface area contributed by atoms with E-state index >= 15 is 0 Å². The Balaban J connectivity index is 1.95. The molecule has 2 unspecified atom stereocenters. The molecule has 2 atom stereocenters. The first-order chi connectivity index (χ1) is 8.69. The Bertz CT molecular complexity index is 257. The van der Waals surface area contributed by atoms with Crippen LogP contribution >= 0.6 is 0 Å². The average Bonchev–Trinajstić information content (AvgIpc) is 2.76. The first kappa shape index (κ1) is 14.2. The number of ether oxygens (including phenoxy) is 3. The maximum Gasteiger partial charge on any atom is 0.0972 e. The maximum atomic E-state index is 6.00. The third-order valence-corrected chi connectivity index (χ3v) is 4.49. The SMILES string of the molecule is CCOC1CC(CN)(N2CC(OC)C(OC)C2)C1. The van der Waals surface area contributed by atoms with Crippen molar-refractivity contribution in [3.8, 4) is 0 Å². The third-order valence-electron chi connectivity index (χ3n) is 4.49. The van der Waals surface area contributed by atoms with Gasteiger partial charge in [0, 0.05) is 46.0 Å². The van der Waals surface area contributed by atoms with Crippen molar-refractivity contribution in [2.24, 2.45) is 5.73 Å². The van der Waals surface area contributed by atoms with Crippen molar-refractivity contribution in [2.45, 2.75) is 43.6 Å². The van der Waals surface area contributed by atoms with Crippen molar-refractivity contribution in [3.63, 3.8) is 0 Å². The van der Waals surface area contributed by atoms with E-state index in [1.165, 1.54) is 0 Å². The summed E-state index contributed by atoms with van der Waals surface area (Å²) in [6.45, 7) is 5.33. The van der Waals surface area contributed by atoms with Crippen LogP contribution in [-0.4, -0.2) is 69.2 Å². The largest absolute Gasteiger partial charge is 0.378 e. The van der Waals surface area contributed by atoms with Gasteiger partial charge in [-0.3, -0.25) is 4.90 Å². The number of methoxy groups -OCH3 is 2. The molecule has 2 N–H and O–H groups in total. The summed E-state index contributed by atoms with van der Waals surface area (Å²) in [5, 5.41) is 0. The Morgan fingerprint density at radius 2 is 1.72 bits per heavy atom. The summed E-state index contributed by atoms with van der Waals surface area (Å²) in [5.74, 6) is 0. The van der Waals surface area contributed by atoms with Gasteiger partial charge in [0.05, 0.1) is 18.3 Å². The highest BCUT2D eigenvalue weighted by molar-refractivity contribution is 5.08. The van der Waals surface area contributed by atoms with Gasteiger partial charge in [0.15, 0.2) is 0 Å². The van der Waals surface area contributed by atoms with E-state index in [-0.39, 0.29) is 17.7 Å². The summed E-state index contributed by atoms with van der Waals surface area (Å²) >= 11 is 0. The Morgan fingerprint density at radius 1 is 1.17 bits per heavy atom. The van der Waals surface area contributed by atoms with E-state index < -0.39 is 0 Å². The topological polar surface area (TPSA) is 57.0 Å². The van der Waals surface area contributed by atoms with Gasteiger partial charge in [-0.2, -0.15) is 0 Å². The number of hydrogen-bond acceptors (Lipinski definition) is 5. The number of likely N-dealkylation sites (tertiary alicyclic amines) is 1. The zero-order valence-corrected chi connectivity index (χ0v) is 11.7. The van der Waals surface area contributed by atoms with Crippen LogP contribution in [0.3, 0.4) is 0 Å². The molecule has 5 nitrogen and oxygen atoms in total. The standard InChI is InChI=1S/C13H26N2O3/c1-4-18-10-5-13(6-10,9-14)15-7-11(16-2)12(8-15)17-3/h10-12H,4-9,14H2,1-3H3. The van der Waals surface area contributed by atoms with E-state index in [2.05, 4.69) is 4.90 Å². The van der Waals surface area contributed by atoms with Gasteiger partial charge in [0.25, 0.3) is 0 Å². The molecular formula is C13H26N2O3. The van der Waals surface area contributed by atoms with E-state index in [9.17, 15) is 0 Å². The number of nitrogens with zero attached hydrogens (tertiary/aromatic N) is 1. The molecular weight excluding hydrogens is 232 g/mol. The molecule has 1 saturated heterocycles. The summed E-state index contributed by atoms with van der Waals surface area (Å²) in [6.07, 6.45) is 2.75. The fraction of sp³-hybridized carbons (Fsp3) is 1.00. The lowest BCUT2D eigenvalue weighted by Gasteiger charge is -2.52. The summed E-state index contributed by atoms with van der Waals surface area (Å²) < 4.78 is 16.6. The maximum absolute atomic E-state index is 6.00. The van der Waals surface area contributed by atoms with Gasteiger partial charge in [-0.15, -0.1) is 0 Å². The van der Waals surface area contributed by atoms with Crippen LogP contribution in [0, 0.1) is 0 Å². The molecule has 0 amide bonds. The number of nitrogens with two attached hydrogens (primary N) is 1. The molecule has 0 radical (unpaired) electrons. The summed E-state index contributed by atoms with van der Waals surface area (Å²) in [5.41, 5.74) is 6.10. The van der Waals surface area contributed by atoms with Crippen LogP contribution in [-0.2, 0) is 14.2 Å². The lowest BCUT2D eigenvalue weighted by molar-refractivity contribution is -0.0970. The normalized spacial score (nSPS) is 41.0. The first-order valence-corrected chi connectivity index (χ1v) is 6.81. The summed E-state index contributed by atoms with van der Waals surface area (Å²) in [7, 11) is 3.50. The van der Waals surface area contributed by atoms with E-state index in [0.717, 1.165) is 32.5 Å². The molecule has 1 aliphatic heterocycles. The van der Waals surface area contributed by atoms with Crippen molar-refractivity contribution >= 4 is 0 Å². The smallest absolute Gasteiger partial charge is 0.0972 e. The molecule has 5 heteroatoms. The lowest BCUT2D eigenvalue weighted by Crippen LogP contribution is -2.63.